The second-order valence-corrected chi connectivity index (χ2v) is 5.19. The molecule has 0 spiro atoms. The molecule has 0 atom stereocenters. The number of allylic oxidation sites excluding steroid dienone is 2. The first-order chi connectivity index (χ1) is 11.9. The summed E-state index contributed by atoms with van der Waals surface area (Å²) in [5.74, 6) is -1.54. The van der Waals surface area contributed by atoms with Gasteiger partial charge in [0.2, 0.25) is 0 Å². The van der Waals surface area contributed by atoms with E-state index >= 15 is 0 Å². The zero-order chi connectivity index (χ0) is 19.4. The molecule has 1 rings (SSSR count). The lowest BCUT2D eigenvalue weighted by molar-refractivity contribution is 0.0507. The highest BCUT2D eigenvalue weighted by Gasteiger charge is 2.23. The number of carbonyl (C=O) groups excluding carboxylic acids is 1. The Morgan fingerprint density at radius 3 is 2.56 bits per heavy atom. The van der Waals surface area contributed by atoms with Crippen molar-refractivity contribution in [2.75, 3.05) is 6.61 Å². The van der Waals surface area contributed by atoms with Crippen molar-refractivity contribution in [2.45, 2.75) is 40.0 Å². The first-order valence-corrected chi connectivity index (χ1v) is 8.55. The summed E-state index contributed by atoms with van der Waals surface area (Å²) in [5, 5.41) is 27.6. The molecular weight excluding hydrogens is 342 g/mol. The molecule has 25 heavy (non-hydrogen) atoms. The van der Waals surface area contributed by atoms with Crippen LogP contribution < -0.4 is 0 Å². The molecule has 0 aliphatic heterocycles. The normalized spacial score (nSPS) is 10.1. The summed E-state index contributed by atoms with van der Waals surface area (Å²) in [4.78, 5) is 12.2. The maximum Gasteiger partial charge on any atom is 0.342 e. The van der Waals surface area contributed by atoms with Gasteiger partial charge in [-0.15, -0.1) is 6.58 Å². The van der Waals surface area contributed by atoms with E-state index in [0.29, 0.717) is 6.42 Å². The minimum absolute atomic E-state index is 0.0107. The topological polar surface area (TPSA) is 90.6 Å². The second kappa shape index (κ2) is 12.1. The van der Waals surface area contributed by atoms with Gasteiger partial charge >= 0.3 is 5.97 Å². The molecule has 6 heteroatoms. The lowest BCUT2D eigenvalue weighted by Gasteiger charge is -2.14. The Labute approximate surface area is 154 Å². The van der Waals surface area contributed by atoms with E-state index in [-0.39, 0.29) is 40.6 Å². The molecular formula is C19H26ClNO4. The van der Waals surface area contributed by atoms with E-state index in [1.807, 2.05) is 20.8 Å². The minimum Gasteiger partial charge on any atom is -0.507 e. The fraction of sp³-hybridized carbons (Fsp3) is 0.368. The molecule has 1 aromatic rings. The van der Waals surface area contributed by atoms with Crippen molar-refractivity contribution in [1.29, 1.82) is 5.41 Å². The fourth-order valence-electron chi connectivity index (χ4n) is 1.89. The third kappa shape index (κ3) is 7.01. The summed E-state index contributed by atoms with van der Waals surface area (Å²) >= 11 is 6.05. The van der Waals surface area contributed by atoms with Gasteiger partial charge in [0.25, 0.3) is 0 Å². The molecule has 0 radical (unpaired) electrons. The highest BCUT2D eigenvalue weighted by atomic mass is 35.5. The van der Waals surface area contributed by atoms with Crippen molar-refractivity contribution in [2.24, 2.45) is 0 Å². The minimum atomic E-state index is -0.756. The van der Waals surface area contributed by atoms with Crippen molar-refractivity contribution in [1.82, 2.24) is 0 Å². The SMILES string of the molecule is C=CCCOC(=O)c1c(O)cc(O)c(Cl)c1CC(=N)/C=C/CC.CC. The Balaban J connectivity index is 0.00000277. The summed E-state index contributed by atoms with van der Waals surface area (Å²) in [6.07, 6.45) is 6.21. The average Bonchev–Trinajstić information content (AvgIpc) is 2.59. The molecule has 0 saturated heterocycles. The second-order valence-electron chi connectivity index (χ2n) is 4.81. The molecule has 0 aromatic heterocycles. The predicted molar refractivity (Wildman–Crippen MR) is 102 cm³/mol. The van der Waals surface area contributed by atoms with Crippen LogP contribution in [0.4, 0.5) is 0 Å². The van der Waals surface area contributed by atoms with Gasteiger partial charge < -0.3 is 20.4 Å². The number of rotatable bonds is 8. The number of ether oxygens (including phenoxy) is 1. The first kappa shape index (κ1) is 22.7. The largest absolute Gasteiger partial charge is 0.507 e. The van der Waals surface area contributed by atoms with E-state index in [1.54, 1.807) is 18.2 Å². The maximum absolute atomic E-state index is 12.2. The predicted octanol–water partition coefficient (Wildman–Crippen LogP) is 5.04. The summed E-state index contributed by atoms with van der Waals surface area (Å²) < 4.78 is 5.05. The molecule has 0 aliphatic carbocycles. The highest BCUT2D eigenvalue weighted by Crippen LogP contribution is 2.37. The number of halogens is 1. The first-order valence-electron chi connectivity index (χ1n) is 8.17. The van der Waals surface area contributed by atoms with Crippen molar-refractivity contribution in [3.63, 3.8) is 0 Å². The Bertz CT molecular complexity index is 639. The molecule has 0 bridgehead atoms. The Hall–Kier alpha value is -2.27. The van der Waals surface area contributed by atoms with E-state index < -0.39 is 11.7 Å². The standard InChI is InChI=1S/C17H20ClNO4.C2H6/c1-3-5-7-11(19)9-12-15(17(22)23-8-6-4-2)13(20)10-14(21)16(12)18;1-2/h4-5,7,10,19-21H,2-3,6,8-9H2,1H3;1-2H3/b7-5+,19-11?;. The average molecular weight is 368 g/mol. The van der Waals surface area contributed by atoms with Crippen molar-refractivity contribution >= 4 is 23.3 Å². The van der Waals surface area contributed by atoms with Crippen LogP contribution in [0.15, 0.2) is 30.9 Å². The number of phenolic OH excluding ortho intramolecular Hbond substituents is 2. The van der Waals surface area contributed by atoms with Gasteiger partial charge in [-0.05, 0) is 24.5 Å². The Kier molecular flexibility index (Phi) is 11.0. The number of phenols is 2. The van der Waals surface area contributed by atoms with E-state index in [4.69, 9.17) is 21.7 Å². The van der Waals surface area contributed by atoms with E-state index in [9.17, 15) is 15.0 Å². The number of hydrogen-bond donors (Lipinski definition) is 3. The number of nitrogens with one attached hydrogen (secondary N) is 1. The number of carbonyl (C=O) groups is 1. The van der Waals surface area contributed by atoms with Gasteiger partial charge in [-0.2, -0.15) is 0 Å². The summed E-state index contributed by atoms with van der Waals surface area (Å²) in [6, 6.07) is 0.988. The van der Waals surface area contributed by atoms with Gasteiger partial charge in [0.15, 0.2) is 0 Å². The zero-order valence-electron chi connectivity index (χ0n) is 14.9. The molecule has 5 nitrogen and oxygen atoms in total. The van der Waals surface area contributed by atoms with Crippen LogP contribution in [-0.2, 0) is 11.2 Å². The van der Waals surface area contributed by atoms with E-state index in [1.165, 1.54) is 0 Å². The molecule has 0 aliphatic rings. The van der Waals surface area contributed by atoms with Crippen LogP contribution in [0.25, 0.3) is 0 Å². The van der Waals surface area contributed by atoms with Gasteiger partial charge in [0.05, 0.1) is 11.6 Å². The third-order valence-electron chi connectivity index (χ3n) is 3.00. The number of hydrogen-bond acceptors (Lipinski definition) is 5. The van der Waals surface area contributed by atoms with Crippen LogP contribution in [-0.4, -0.2) is 28.5 Å². The van der Waals surface area contributed by atoms with Gasteiger partial charge in [-0.1, -0.05) is 44.5 Å². The Morgan fingerprint density at radius 2 is 2.00 bits per heavy atom. The zero-order valence-corrected chi connectivity index (χ0v) is 15.7. The molecule has 0 saturated carbocycles. The van der Waals surface area contributed by atoms with Gasteiger partial charge in [-0.3, -0.25) is 0 Å². The quantitative estimate of drug-likeness (QED) is 0.260. The number of esters is 1. The maximum atomic E-state index is 12.2. The molecule has 0 unspecified atom stereocenters. The van der Waals surface area contributed by atoms with Gasteiger partial charge in [0, 0.05) is 18.2 Å². The molecule has 1 aromatic carbocycles. The summed E-state index contributed by atoms with van der Waals surface area (Å²) in [5.41, 5.74) is 0.226. The van der Waals surface area contributed by atoms with Gasteiger partial charge in [-0.25, -0.2) is 4.79 Å². The third-order valence-corrected chi connectivity index (χ3v) is 3.42. The van der Waals surface area contributed by atoms with Crippen LogP contribution in [0, 0.1) is 5.41 Å². The molecule has 0 amide bonds. The van der Waals surface area contributed by atoms with Crippen LogP contribution in [0.1, 0.15) is 49.5 Å². The van der Waals surface area contributed by atoms with E-state index in [2.05, 4.69) is 6.58 Å². The monoisotopic (exact) mass is 367 g/mol. The van der Waals surface area contributed by atoms with Crippen LogP contribution in [0.3, 0.4) is 0 Å². The van der Waals surface area contributed by atoms with Crippen LogP contribution in [0.5, 0.6) is 11.5 Å². The molecule has 138 valence electrons. The van der Waals surface area contributed by atoms with Crippen molar-refractivity contribution in [3.05, 3.63) is 47.0 Å². The molecule has 3 N–H and O–H groups in total. The van der Waals surface area contributed by atoms with Crippen LogP contribution >= 0.6 is 11.6 Å². The lowest BCUT2D eigenvalue weighted by atomic mass is 9.99. The van der Waals surface area contributed by atoms with Crippen molar-refractivity contribution in [3.8, 4) is 11.5 Å². The Morgan fingerprint density at radius 1 is 1.36 bits per heavy atom. The van der Waals surface area contributed by atoms with E-state index in [0.717, 1.165) is 12.5 Å². The molecule has 0 heterocycles. The number of aromatic hydroxyl groups is 2. The van der Waals surface area contributed by atoms with Crippen LogP contribution in [0.2, 0.25) is 5.02 Å². The lowest BCUT2D eigenvalue weighted by Crippen LogP contribution is -2.12. The van der Waals surface area contributed by atoms with Crippen molar-refractivity contribution < 1.29 is 19.7 Å². The van der Waals surface area contributed by atoms with Gasteiger partial charge in [0.1, 0.15) is 17.1 Å². The summed E-state index contributed by atoms with van der Waals surface area (Å²) in [6.45, 7) is 9.58. The highest BCUT2D eigenvalue weighted by molar-refractivity contribution is 6.33. The smallest absolute Gasteiger partial charge is 0.342 e. The fourth-order valence-corrected chi connectivity index (χ4v) is 2.11. The number of benzene rings is 1. The molecule has 0 fully saturated rings. The summed E-state index contributed by atoms with van der Waals surface area (Å²) in [7, 11) is 0.